The molecule has 8 heteroatoms. The Bertz CT molecular complexity index is 1270. The van der Waals surface area contributed by atoms with Crippen molar-refractivity contribution in [3.05, 3.63) is 96.2 Å². The van der Waals surface area contributed by atoms with Crippen molar-refractivity contribution in [2.24, 2.45) is 4.99 Å². The molecule has 180 valence electrons. The van der Waals surface area contributed by atoms with Crippen molar-refractivity contribution in [2.45, 2.75) is 26.9 Å². The van der Waals surface area contributed by atoms with E-state index in [-0.39, 0.29) is 5.91 Å². The van der Waals surface area contributed by atoms with Gasteiger partial charge in [0.2, 0.25) is 0 Å². The van der Waals surface area contributed by atoms with E-state index >= 15 is 0 Å². The zero-order chi connectivity index (χ0) is 24.9. The first kappa shape index (κ1) is 26.0. The molecule has 0 bridgehead atoms. The van der Waals surface area contributed by atoms with Gasteiger partial charge in [-0.05, 0) is 111 Å². The second-order valence-corrected chi connectivity index (χ2v) is 11.2. The first-order valence-corrected chi connectivity index (χ1v) is 13.8. The number of carbonyl (C=O) groups excluding carboxylic acids is 1. The van der Waals surface area contributed by atoms with Crippen LogP contribution in [0, 0.1) is 6.92 Å². The van der Waals surface area contributed by atoms with E-state index in [4.69, 9.17) is 21.3 Å². The molecule has 0 unspecified atom stereocenters. The number of aliphatic imine (C=N–C) groups is 1. The van der Waals surface area contributed by atoms with Crippen molar-refractivity contribution in [2.75, 3.05) is 6.54 Å². The summed E-state index contributed by atoms with van der Waals surface area (Å²) in [6.07, 6.45) is 2.72. The third kappa shape index (κ3) is 6.58. The maximum absolute atomic E-state index is 13.2. The molecule has 1 fully saturated rings. The van der Waals surface area contributed by atoms with Crippen LogP contribution in [0.3, 0.4) is 0 Å². The van der Waals surface area contributed by atoms with Crippen LogP contribution >= 0.6 is 55.2 Å². The van der Waals surface area contributed by atoms with Crippen molar-refractivity contribution < 1.29 is 9.53 Å². The van der Waals surface area contributed by atoms with E-state index in [1.807, 2.05) is 37.3 Å². The molecule has 0 atom stereocenters. The Kier molecular flexibility index (Phi) is 8.76. The molecule has 3 aromatic carbocycles. The fourth-order valence-corrected chi connectivity index (χ4v) is 6.03. The van der Waals surface area contributed by atoms with Gasteiger partial charge in [0.05, 0.1) is 19.5 Å². The highest BCUT2D eigenvalue weighted by atomic mass is 79.9. The standard InChI is InChI=1S/C27H23Br2ClN2O2S/c1-3-12-32-26(33)24(35-27(32)31-21-10-8-20(30)9-11-21)15-19-13-22(28)25(23(29)14-19)34-16-18-6-4-17(2)5-7-18/h4-11,13-15H,3,12,16H2,1-2H3/b24-15-,31-27?. The van der Waals surface area contributed by atoms with Crippen LogP contribution in [0.25, 0.3) is 6.08 Å². The maximum Gasteiger partial charge on any atom is 0.266 e. The summed E-state index contributed by atoms with van der Waals surface area (Å²) in [5.41, 5.74) is 3.95. The van der Waals surface area contributed by atoms with E-state index in [0.717, 1.165) is 37.9 Å². The topological polar surface area (TPSA) is 41.9 Å². The number of nitrogens with zero attached hydrogens (tertiary/aromatic N) is 2. The minimum absolute atomic E-state index is 0.0449. The molecule has 0 aromatic heterocycles. The SMILES string of the molecule is CCCN1C(=O)/C(=C/c2cc(Br)c(OCc3ccc(C)cc3)c(Br)c2)SC1=Nc1ccc(Cl)cc1. The smallest absolute Gasteiger partial charge is 0.266 e. The average Bonchev–Trinajstić information content (AvgIpc) is 3.10. The predicted molar refractivity (Wildman–Crippen MR) is 153 cm³/mol. The Labute approximate surface area is 231 Å². The molecule has 1 aliphatic rings. The van der Waals surface area contributed by atoms with Crippen LogP contribution in [0.4, 0.5) is 5.69 Å². The lowest BCUT2D eigenvalue weighted by Gasteiger charge is -2.14. The number of hydrogen-bond donors (Lipinski definition) is 0. The van der Waals surface area contributed by atoms with Gasteiger partial charge in [0.1, 0.15) is 12.4 Å². The Morgan fingerprint density at radius 2 is 1.71 bits per heavy atom. The zero-order valence-corrected chi connectivity index (χ0v) is 24.0. The highest BCUT2D eigenvalue weighted by Crippen LogP contribution is 2.38. The van der Waals surface area contributed by atoms with Crippen LogP contribution < -0.4 is 4.74 Å². The Hall–Kier alpha value is -2.06. The van der Waals surface area contributed by atoms with Crippen LogP contribution in [0.1, 0.15) is 30.0 Å². The van der Waals surface area contributed by atoms with Crippen LogP contribution in [0.2, 0.25) is 5.02 Å². The van der Waals surface area contributed by atoms with E-state index in [1.165, 1.54) is 17.3 Å². The largest absolute Gasteiger partial charge is 0.487 e. The maximum atomic E-state index is 13.2. The number of rotatable bonds is 7. The fourth-order valence-electron chi connectivity index (χ4n) is 3.43. The Morgan fingerprint density at radius 3 is 2.34 bits per heavy atom. The van der Waals surface area contributed by atoms with Crippen molar-refractivity contribution in [1.82, 2.24) is 4.90 Å². The lowest BCUT2D eigenvalue weighted by Crippen LogP contribution is -2.29. The lowest BCUT2D eigenvalue weighted by atomic mass is 10.1. The molecular formula is C27H23Br2ClN2O2S. The molecule has 1 aliphatic heterocycles. The molecule has 0 radical (unpaired) electrons. The minimum Gasteiger partial charge on any atom is -0.487 e. The highest BCUT2D eigenvalue weighted by molar-refractivity contribution is 9.11. The van der Waals surface area contributed by atoms with Gasteiger partial charge in [0.15, 0.2) is 5.17 Å². The Balaban J connectivity index is 1.56. The lowest BCUT2D eigenvalue weighted by molar-refractivity contribution is -0.122. The number of amides is 1. The molecule has 35 heavy (non-hydrogen) atoms. The van der Waals surface area contributed by atoms with Crippen molar-refractivity contribution in [3.63, 3.8) is 0 Å². The van der Waals surface area contributed by atoms with Gasteiger partial charge in [-0.2, -0.15) is 0 Å². The van der Waals surface area contributed by atoms with Gasteiger partial charge in [-0.25, -0.2) is 4.99 Å². The normalized spacial score (nSPS) is 15.9. The highest BCUT2D eigenvalue weighted by Gasteiger charge is 2.32. The van der Waals surface area contributed by atoms with E-state index in [9.17, 15) is 4.79 Å². The molecule has 4 rings (SSSR count). The number of thioether (sulfide) groups is 1. The second-order valence-electron chi connectivity index (χ2n) is 8.03. The van der Waals surface area contributed by atoms with E-state index in [2.05, 4.69) is 63.0 Å². The van der Waals surface area contributed by atoms with E-state index in [1.54, 1.807) is 17.0 Å². The summed E-state index contributed by atoms with van der Waals surface area (Å²) >= 11 is 14.6. The van der Waals surface area contributed by atoms with Crippen molar-refractivity contribution >= 4 is 78.1 Å². The van der Waals surface area contributed by atoms with Crippen molar-refractivity contribution in [1.29, 1.82) is 0 Å². The van der Waals surface area contributed by atoms with Gasteiger partial charge < -0.3 is 4.74 Å². The number of ether oxygens (including phenoxy) is 1. The molecule has 0 spiro atoms. The zero-order valence-electron chi connectivity index (χ0n) is 19.2. The van der Waals surface area contributed by atoms with Gasteiger partial charge in [-0.3, -0.25) is 9.69 Å². The summed E-state index contributed by atoms with van der Waals surface area (Å²) in [5, 5.41) is 1.32. The van der Waals surface area contributed by atoms with Crippen LogP contribution in [-0.2, 0) is 11.4 Å². The third-order valence-electron chi connectivity index (χ3n) is 5.21. The molecule has 0 saturated carbocycles. The molecular weight excluding hydrogens is 612 g/mol. The monoisotopic (exact) mass is 632 g/mol. The fraction of sp³-hybridized carbons (Fsp3) is 0.185. The number of carbonyl (C=O) groups is 1. The number of halogens is 3. The number of amidine groups is 1. The first-order chi connectivity index (χ1) is 16.8. The molecule has 0 N–H and O–H groups in total. The molecule has 1 amide bonds. The van der Waals surface area contributed by atoms with Gasteiger partial charge in [-0.15, -0.1) is 0 Å². The Morgan fingerprint density at radius 1 is 1.06 bits per heavy atom. The summed E-state index contributed by atoms with van der Waals surface area (Å²) in [5.74, 6) is 0.673. The molecule has 3 aromatic rings. The summed E-state index contributed by atoms with van der Waals surface area (Å²) < 4.78 is 7.67. The van der Waals surface area contributed by atoms with Crippen LogP contribution in [-0.4, -0.2) is 22.5 Å². The third-order valence-corrected chi connectivity index (χ3v) is 7.65. The number of hydrogen-bond acceptors (Lipinski definition) is 4. The van der Waals surface area contributed by atoms with Gasteiger partial charge in [0, 0.05) is 11.6 Å². The van der Waals surface area contributed by atoms with E-state index < -0.39 is 0 Å². The molecule has 1 heterocycles. The second kappa shape index (κ2) is 11.8. The van der Waals surface area contributed by atoms with Gasteiger partial charge in [-0.1, -0.05) is 48.4 Å². The molecule has 1 saturated heterocycles. The molecule has 0 aliphatic carbocycles. The summed E-state index contributed by atoms with van der Waals surface area (Å²) in [4.78, 5) is 20.2. The van der Waals surface area contributed by atoms with Crippen LogP contribution in [0.15, 0.2) is 79.5 Å². The molecule has 4 nitrogen and oxygen atoms in total. The van der Waals surface area contributed by atoms with Crippen LogP contribution in [0.5, 0.6) is 5.75 Å². The quantitative estimate of drug-likeness (QED) is 0.244. The summed E-state index contributed by atoms with van der Waals surface area (Å²) in [6.45, 7) is 5.17. The number of benzene rings is 3. The minimum atomic E-state index is -0.0449. The summed E-state index contributed by atoms with van der Waals surface area (Å²) in [6, 6.07) is 19.4. The van der Waals surface area contributed by atoms with E-state index in [0.29, 0.717) is 28.2 Å². The predicted octanol–water partition coefficient (Wildman–Crippen LogP) is 8.77. The first-order valence-electron chi connectivity index (χ1n) is 11.1. The van der Waals surface area contributed by atoms with Crippen molar-refractivity contribution in [3.8, 4) is 5.75 Å². The average molecular weight is 635 g/mol. The number of aryl methyl sites for hydroxylation is 1. The van der Waals surface area contributed by atoms with Gasteiger partial charge in [0.25, 0.3) is 5.91 Å². The van der Waals surface area contributed by atoms with Gasteiger partial charge >= 0.3 is 0 Å². The summed E-state index contributed by atoms with van der Waals surface area (Å²) in [7, 11) is 0.